The number of nitrogens with zero attached hydrogens (tertiary/aromatic N) is 1. The van der Waals surface area contributed by atoms with E-state index >= 15 is 0 Å². The molecule has 0 saturated heterocycles. The van der Waals surface area contributed by atoms with E-state index in [-0.39, 0.29) is 11.8 Å². The summed E-state index contributed by atoms with van der Waals surface area (Å²) in [6, 6.07) is 0. The van der Waals surface area contributed by atoms with E-state index in [0.717, 1.165) is 18.6 Å². The molecule has 0 spiro atoms. The van der Waals surface area contributed by atoms with Gasteiger partial charge in [0.1, 0.15) is 0 Å². The molecule has 1 aliphatic carbocycles. The Morgan fingerprint density at radius 1 is 1.00 bits per heavy atom. The predicted octanol–water partition coefficient (Wildman–Crippen LogP) is 2.61. The van der Waals surface area contributed by atoms with Crippen molar-refractivity contribution in [2.75, 3.05) is 0 Å². The molecule has 3 nitrogen and oxygen atoms in total. The van der Waals surface area contributed by atoms with Crippen LogP contribution in [0.15, 0.2) is 5.10 Å². The lowest BCUT2D eigenvalue weighted by Gasteiger charge is -2.08. The van der Waals surface area contributed by atoms with E-state index in [1.807, 2.05) is 0 Å². The smallest absolute Gasteiger partial charge is 0.248 e. The van der Waals surface area contributed by atoms with Crippen LogP contribution in [0.3, 0.4) is 0 Å². The zero-order valence-electron chi connectivity index (χ0n) is 9.30. The monoisotopic (exact) mass is 208 g/mol. The molecule has 1 unspecified atom stereocenters. The van der Waals surface area contributed by atoms with Gasteiger partial charge in [0.15, 0.2) is 0 Å². The number of carbonyl (C=O) groups is 1. The summed E-state index contributed by atoms with van der Waals surface area (Å²) < 4.78 is 0. The Labute approximate surface area is 91.3 Å². The highest BCUT2D eigenvalue weighted by Crippen LogP contribution is 2.22. The number of hydrogen-bond acceptors (Lipinski definition) is 2. The zero-order chi connectivity index (χ0) is 10.5. The van der Waals surface area contributed by atoms with E-state index in [0.29, 0.717) is 0 Å². The molecule has 0 aromatic rings. The molecular formula is C12H20N2O. The highest BCUT2D eigenvalue weighted by Gasteiger charge is 2.28. The van der Waals surface area contributed by atoms with Crippen LogP contribution >= 0.6 is 0 Å². The number of hydrazone groups is 1. The average Bonchev–Trinajstić information content (AvgIpc) is 2.56. The Morgan fingerprint density at radius 2 is 1.67 bits per heavy atom. The molecule has 15 heavy (non-hydrogen) atoms. The number of nitrogens with one attached hydrogen (secondary N) is 1. The van der Waals surface area contributed by atoms with Gasteiger partial charge in [0, 0.05) is 0 Å². The van der Waals surface area contributed by atoms with E-state index < -0.39 is 0 Å². The first-order chi connectivity index (χ1) is 7.38. The van der Waals surface area contributed by atoms with Crippen molar-refractivity contribution in [1.29, 1.82) is 0 Å². The SMILES string of the molecule is O=C1NN=C2CCCCCCCCCC12. The van der Waals surface area contributed by atoms with E-state index in [2.05, 4.69) is 10.5 Å². The van der Waals surface area contributed by atoms with Crippen molar-refractivity contribution >= 4 is 11.6 Å². The van der Waals surface area contributed by atoms with Crippen molar-refractivity contribution in [2.45, 2.75) is 57.8 Å². The minimum absolute atomic E-state index is 0.100. The van der Waals surface area contributed by atoms with Crippen LogP contribution in [0.4, 0.5) is 0 Å². The Balaban J connectivity index is 1.94. The summed E-state index contributed by atoms with van der Waals surface area (Å²) in [6.07, 6.45) is 11.0. The van der Waals surface area contributed by atoms with Gasteiger partial charge in [0.2, 0.25) is 5.91 Å². The van der Waals surface area contributed by atoms with Crippen molar-refractivity contribution < 1.29 is 4.79 Å². The molecule has 2 rings (SSSR count). The van der Waals surface area contributed by atoms with E-state index in [4.69, 9.17) is 0 Å². The van der Waals surface area contributed by atoms with Crippen LogP contribution in [0.1, 0.15) is 57.8 Å². The minimum Gasteiger partial charge on any atom is -0.272 e. The third-order valence-electron chi connectivity index (χ3n) is 3.45. The lowest BCUT2D eigenvalue weighted by atomic mass is 9.94. The van der Waals surface area contributed by atoms with Gasteiger partial charge in [0.05, 0.1) is 11.6 Å². The third-order valence-corrected chi connectivity index (χ3v) is 3.45. The predicted molar refractivity (Wildman–Crippen MR) is 60.6 cm³/mol. The summed E-state index contributed by atoms with van der Waals surface area (Å²) >= 11 is 0. The second-order valence-corrected chi connectivity index (χ2v) is 4.65. The first-order valence-electron chi connectivity index (χ1n) is 6.24. The van der Waals surface area contributed by atoms with Crippen LogP contribution in [0, 0.1) is 5.92 Å². The number of hydrogen-bond donors (Lipinski definition) is 1. The van der Waals surface area contributed by atoms with Crippen LogP contribution in [0.25, 0.3) is 0 Å². The summed E-state index contributed by atoms with van der Waals surface area (Å²) in [6.45, 7) is 0. The molecule has 84 valence electrons. The van der Waals surface area contributed by atoms with Gasteiger partial charge in [-0.3, -0.25) is 4.79 Å². The largest absolute Gasteiger partial charge is 0.272 e. The van der Waals surface area contributed by atoms with Crippen molar-refractivity contribution in [3.05, 3.63) is 0 Å². The molecule has 1 saturated carbocycles. The summed E-state index contributed by atoms with van der Waals surface area (Å²) in [7, 11) is 0. The van der Waals surface area contributed by atoms with E-state index in [1.54, 1.807) is 0 Å². The lowest BCUT2D eigenvalue weighted by molar-refractivity contribution is -0.122. The van der Waals surface area contributed by atoms with Gasteiger partial charge in [-0.2, -0.15) is 5.10 Å². The van der Waals surface area contributed by atoms with Crippen molar-refractivity contribution in [1.82, 2.24) is 5.43 Å². The van der Waals surface area contributed by atoms with Crippen LogP contribution in [-0.4, -0.2) is 11.6 Å². The summed E-state index contributed by atoms with van der Waals surface area (Å²) in [5, 5.41) is 4.16. The molecule has 0 aromatic carbocycles. The second-order valence-electron chi connectivity index (χ2n) is 4.65. The molecule has 1 amide bonds. The van der Waals surface area contributed by atoms with Crippen LogP contribution in [0.5, 0.6) is 0 Å². The van der Waals surface area contributed by atoms with Crippen molar-refractivity contribution in [3.63, 3.8) is 0 Å². The Bertz CT molecular complexity index is 260. The molecule has 0 radical (unpaired) electrons. The molecule has 1 fully saturated rings. The molecule has 2 aliphatic rings. The molecule has 1 atom stereocenters. The summed E-state index contributed by atoms with van der Waals surface area (Å²) in [5.41, 5.74) is 3.74. The van der Waals surface area contributed by atoms with Gasteiger partial charge >= 0.3 is 0 Å². The van der Waals surface area contributed by atoms with Crippen molar-refractivity contribution in [2.24, 2.45) is 11.0 Å². The van der Waals surface area contributed by atoms with Gasteiger partial charge in [0.25, 0.3) is 0 Å². The van der Waals surface area contributed by atoms with Crippen LogP contribution < -0.4 is 5.43 Å². The lowest BCUT2D eigenvalue weighted by Crippen LogP contribution is -2.23. The molecule has 3 heteroatoms. The van der Waals surface area contributed by atoms with Gasteiger partial charge in [-0.25, -0.2) is 5.43 Å². The summed E-state index contributed by atoms with van der Waals surface area (Å²) in [5.74, 6) is 0.229. The molecule has 1 N–H and O–H groups in total. The van der Waals surface area contributed by atoms with Gasteiger partial charge in [-0.05, 0) is 19.3 Å². The molecule has 1 aliphatic heterocycles. The van der Waals surface area contributed by atoms with Crippen molar-refractivity contribution in [3.8, 4) is 0 Å². The maximum Gasteiger partial charge on any atom is 0.248 e. The molecule has 0 aromatic heterocycles. The molecular weight excluding hydrogens is 188 g/mol. The third kappa shape index (κ3) is 2.80. The van der Waals surface area contributed by atoms with E-state index in [1.165, 1.54) is 44.9 Å². The fourth-order valence-corrected chi connectivity index (χ4v) is 2.50. The Kier molecular flexibility index (Phi) is 3.75. The topological polar surface area (TPSA) is 41.5 Å². The fraction of sp³-hybridized carbons (Fsp3) is 0.833. The number of rotatable bonds is 0. The average molecular weight is 208 g/mol. The Hall–Kier alpha value is -0.860. The van der Waals surface area contributed by atoms with Crippen LogP contribution in [-0.2, 0) is 4.79 Å². The molecule has 1 heterocycles. The quantitative estimate of drug-likeness (QED) is 0.653. The highest BCUT2D eigenvalue weighted by molar-refractivity contribution is 6.07. The normalized spacial score (nSPS) is 28.7. The van der Waals surface area contributed by atoms with Gasteiger partial charge in [-0.1, -0.05) is 38.5 Å². The standard InChI is InChI=1S/C12H20N2O/c15-12-10-8-6-4-2-1-3-5-7-9-11(10)13-14-12/h10H,1-9H2,(H,14,15). The minimum atomic E-state index is 0.100. The number of amides is 1. The zero-order valence-corrected chi connectivity index (χ0v) is 9.30. The van der Waals surface area contributed by atoms with Crippen LogP contribution in [0.2, 0.25) is 0 Å². The summed E-state index contributed by atoms with van der Waals surface area (Å²) in [4.78, 5) is 11.5. The van der Waals surface area contributed by atoms with Gasteiger partial charge in [-0.15, -0.1) is 0 Å². The first kappa shape index (κ1) is 10.7. The number of carbonyl (C=O) groups excluding carboxylic acids is 1. The highest BCUT2D eigenvalue weighted by atomic mass is 16.2. The molecule has 0 bridgehead atoms. The first-order valence-corrected chi connectivity index (χ1v) is 6.24. The Morgan fingerprint density at radius 3 is 2.47 bits per heavy atom. The fourth-order valence-electron chi connectivity index (χ4n) is 2.50. The van der Waals surface area contributed by atoms with Gasteiger partial charge < -0.3 is 0 Å². The maximum atomic E-state index is 11.5. The number of fused-ring (bicyclic) bond motifs is 1. The second kappa shape index (κ2) is 5.29. The van der Waals surface area contributed by atoms with E-state index in [9.17, 15) is 4.79 Å². The maximum absolute atomic E-state index is 11.5.